The number of hydrogen-bond donors (Lipinski definition) is 1. The van der Waals surface area contributed by atoms with Crippen LogP contribution in [0.3, 0.4) is 0 Å². The molecule has 0 amide bonds. The summed E-state index contributed by atoms with van der Waals surface area (Å²) in [6.07, 6.45) is 19.2. The van der Waals surface area contributed by atoms with Crippen LogP contribution in [0.5, 0.6) is 0 Å². The van der Waals surface area contributed by atoms with E-state index >= 15 is 0 Å². The third kappa shape index (κ3) is 21.4. The van der Waals surface area contributed by atoms with Crippen molar-refractivity contribution < 1.29 is 0 Å². The van der Waals surface area contributed by atoms with Gasteiger partial charge in [-0.1, -0.05) is 43.0 Å². The van der Waals surface area contributed by atoms with E-state index in [4.69, 9.17) is 5.41 Å². The first-order valence-electron chi connectivity index (χ1n) is 11.1. The number of nitrogens with zero attached hydrogens (tertiary/aromatic N) is 4. The average Bonchev–Trinajstić information content (AvgIpc) is 2.88. The minimum atomic E-state index is 0.926. The van der Waals surface area contributed by atoms with Crippen LogP contribution in [0.25, 0.3) is 0 Å². The van der Waals surface area contributed by atoms with Crippen LogP contribution in [-0.4, -0.2) is 26.2 Å². The van der Waals surface area contributed by atoms with Gasteiger partial charge in [0.1, 0.15) is 0 Å². The fourth-order valence-electron chi connectivity index (χ4n) is 2.03. The Morgan fingerprint density at radius 2 is 0.914 bits per heavy atom. The van der Waals surface area contributed by atoms with Crippen molar-refractivity contribution in [3.8, 4) is 0 Å². The molecule has 4 heterocycles. The van der Waals surface area contributed by atoms with Gasteiger partial charge in [0.15, 0.2) is 0 Å². The molecule has 0 saturated carbocycles. The highest BCUT2D eigenvalue weighted by Crippen LogP contribution is 1.90. The largest absolute Gasteiger partial charge is 0.308 e. The molecule has 0 aliphatic rings. The van der Waals surface area contributed by atoms with Gasteiger partial charge in [-0.15, -0.1) is 0 Å². The predicted octanol–water partition coefficient (Wildman–Crippen LogP) is 7.33. The van der Waals surface area contributed by atoms with E-state index in [0.29, 0.717) is 0 Å². The van der Waals surface area contributed by atoms with E-state index in [2.05, 4.69) is 26.5 Å². The van der Waals surface area contributed by atoms with Crippen molar-refractivity contribution in [2.75, 3.05) is 0 Å². The maximum atomic E-state index is 6.67. The van der Waals surface area contributed by atoms with Gasteiger partial charge in [0, 0.05) is 55.8 Å². The molecule has 5 heteroatoms. The summed E-state index contributed by atoms with van der Waals surface area (Å²) in [6.45, 7) is 13.4. The minimum Gasteiger partial charge on any atom is -0.308 e. The Morgan fingerprint density at radius 3 is 1.00 bits per heavy atom. The van der Waals surface area contributed by atoms with Gasteiger partial charge in [0.05, 0.1) is 0 Å². The predicted molar refractivity (Wildman–Crippen MR) is 149 cm³/mol. The van der Waals surface area contributed by atoms with E-state index in [1.54, 1.807) is 36.9 Å². The second kappa shape index (κ2) is 21.6. The van der Waals surface area contributed by atoms with Crippen molar-refractivity contribution in [2.45, 2.75) is 34.6 Å². The number of hydrogen-bond acceptors (Lipinski definition) is 5. The molecule has 35 heavy (non-hydrogen) atoms. The van der Waals surface area contributed by atoms with E-state index < -0.39 is 0 Å². The van der Waals surface area contributed by atoms with Gasteiger partial charge in [-0.05, 0) is 86.7 Å². The quantitative estimate of drug-likeness (QED) is 0.247. The first-order valence-corrected chi connectivity index (χ1v) is 11.1. The summed E-state index contributed by atoms with van der Waals surface area (Å²) in [5.41, 5.74) is 5.77. The standard InChI is InChI=1S/4C6H7N.C6H9N/c4*1-6-3-2-4-7-5-6;1-3-4-6(2)5-7/h4*2-5H,1H3;3-5,7H,1H2,2H3/b;;;;6-4-,7-5?. The Kier molecular flexibility index (Phi) is 19.0. The smallest absolute Gasteiger partial charge is 0.0297 e. The van der Waals surface area contributed by atoms with E-state index in [9.17, 15) is 0 Å². The Morgan fingerprint density at radius 1 is 0.629 bits per heavy atom. The van der Waals surface area contributed by atoms with Gasteiger partial charge < -0.3 is 5.41 Å². The normalized spacial score (nSPS) is 9.11. The first kappa shape index (κ1) is 30.8. The second-order valence-corrected chi connectivity index (χ2v) is 7.41. The Hall–Kier alpha value is -4.25. The van der Waals surface area contributed by atoms with Crippen molar-refractivity contribution in [3.63, 3.8) is 0 Å². The zero-order valence-electron chi connectivity index (χ0n) is 21.5. The van der Waals surface area contributed by atoms with Crippen LogP contribution in [0.4, 0.5) is 0 Å². The summed E-state index contributed by atoms with van der Waals surface area (Å²) in [5, 5.41) is 6.67. The highest BCUT2D eigenvalue weighted by molar-refractivity contribution is 5.75. The van der Waals surface area contributed by atoms with E-state index in [1.807, 2.05) is 108 Å². The van der Waals surface area contributed by atoms with Crippen LogP contribution in [-0.2, 0) is 0 Å². The summed E-state index contributed by atoms with van der Waals surface area (Å²) in [4.78, 5) is 15.5. The zero-order valence-corrected chi connectivity index (χ0v) is 21.5. The molecule has 0 fully saturated rings. The summed E-state index contributed by atoms with van der Waals surface area (Å²) >= 11 is 0. The lowest BCUT2D eigenvalue weighted by Gasteiger charge is -1.82. The number of aryl methyl sites for hydroxylation is 4. The van der Waals surface area contributed by atoms with Crippen LogP contribution >= 0.6 is 0 Å². The molecule has 0 radical (unpaired) electrons. The number of allylic oxidation sites excluding steroid dienone is 3. The lowest BCUT2D eigenvalue weighted by atomic mass is 10.3. The van der Waals surface area contributed by atoms with Crippen molar-refractivity contribution >= 4 is 6.21 Å². The lowest BCUT2D eigenvalue weighted by molar-refractivity contribution is 1.27. The highest BCUT2D eigenvalue weighted by atomic mass is 14.6. The van der Waals surface area contributed by atoms with Gasteiger partial charge in [-0.2, -0.15) is 0 Å². The molecule has 4 rings (SSSR count). The Bertz CT molecular complexity index is 899. The van der Waals surface area contributed by atoms with Gasteiger partial charge in [0.2, 0.25) is 0 Å². The second-order valence-electron chi connectivity index (χ2n) is 7.41. The molecule has 0 unspecified atom stereocenters. The SMILES string of the molecule is C=C/C=C(/C)C=N.Cc1cccnc1.Cc1cccnc1.Cc1cccnc1.Cc1cccnc1. The number of rotatable bonds is 2. The summed E-state index contributed by atoms with van der Waals surface area (Å²) < 4.78 is 0. The number of pyridine rings is 4. The first-order chi connectivity index (χ1) is 16.9. The molecule has 0 saturated heterocycles. The van der Waals surface area contributed by atoms with E-state index in [1.165, 1.54) is 28.5 Å². The number of aromatic nitrogens is 4. The molecule has 0 atom stereocenters. The zero-order chi connectivity index (χ0) is 26.2. The molecule has 0 aliphatic heterocycles. The van der Waals surface area contributed by atoms with Gasteiger partial charge in [-0.25, -0.2) is 0 Å². The highest BCUT2D eigenvalue weighted by Gasteiger charge is 1.75. The van der Waals surface area contributed by atoms with Crippen molar-refractivity contribution in [3.05, 3.63) is 145 Å². The van der Waals surface area contributed by atoms with Gasteiger partial charge in [0.25, 0.3) is 0 Å². The molecular weight excluding hydrogens is 430 g/mol. The van der Waals surface area contributed by atoms with Crippen LogP contribution in [0.15, 0.2) is 122 Å². The minimum absolute atomic E-state index is 0.926. The van der Waals surface area contributed by atoms with Crippen molar-refractivity contribution in [2.24, 2.45) is 0 Å². The van der Waals surface area contributed by atoms with Crippen LogP contribution in [0.2, 0.25) is 0 Å². The van der Waals surface area contributed by atoms with Crippen molar-refractivity contribution in [1.29, 1.82) is 5.41 Å². The Balaban J connectivity index is 0.000000413. The lowest BCUT2D eigenvalue weighted by Crippen LogP contribution is -1.69. The molecule has 0 aliphatic carbocycles. The summed E-state index contributed by atoms with van der Waals surface area (Å²) in [6, 6.07) is 15.8. The molecule has 1 N–H and O–H groups in total. The molecule has 5 nitrogen and oxygen atoms in total. The fourth-order valence-corrected chi connectivity index (χ4v) is 2.03. The third-order valence-electron chi connectivity index (χ3n) is 3.85. The fraction of sp³-hybridized carbons (Fsp3) is 0.167. The maximum Gasteiger partial charge on any atom is 0.0297 e. The molecule has 0 spiro atoms. The average molecular weight is 468 g/mol. The topological polar surface area (TPSA) is 75.4 Å². The molecule has 0 bridgehead atoms. The summed E-state index contributed by atoms with van der Waals surface area (Å²) in [5.74, 6) is 0. The van der Waals surface area contributed by atoms with Gasteiger partial charge in [-0.3, -0.25) is 19.9 Å². The van der Waals surface area contributed by atoms with Crippen LogP contribution < -0.4 is 0 Å². The monoisotopic (exact) mass is 467 g/mol. The number of nitrogens with one attached hydrogen (secondary N) is 1. The van der Waals surface area contributed by atoms with Gasteiger partial charge >= 0.3 is 0 Å². The van der Waals surface area contributed by atoms with Crippen LogP contribution in [0.1, 0.15) is 29.2 Å². The molecular formula is C30H37N5. The van der Waals surface area contributed by atoms with Crippen LogP contribution in [0, 0.1) is 33.1 Å². The molecule has 182 valence electrons. The maximum absolute atomic E-state index is 6.67. The van der Waals surface area contributed by atoms with E-state index in [-0.39, 0.29) is 0 Å². The van der Waals surface area contributed by atoms with E-state index in [0.717, 1.165) is 5.57 Å². The molecule has 0 aromatic carbocycles. The molecule has 4 aromatic heterocycles. The Labute approximate surface area is 210 Å². The molecule has 4 aromatic rings. The van der Waals surface area contributed by atoms with Crippen molar-refractivity contribution in [1.82, 2.24) is 19.9 Å². The third-order valence-corrected chi connectivity index (χ3v) is 3.85. The summed E-state index contributed by atoms with van der Waals surface area (Å²) in [7, 11) is 0.